The highest BCUT2D eigenvalue weighted by molar-refractivity contribution is 6.01. The Bertz CT molecular complexity index is 3800. The van der Waals surface area contributed by atoms with Crippen molar-refractivity contribution in [2.75, 3.05) is 72.1 Å². The number of unbranched alkanes of at least 4 members (excludes halogenated alkanes) is 3. The topological polar surface area (TPSA) is 845 Å². The fourth-order valence-corrected chi connectivity index (χ4v) is 15.3. The van der Waals surface area contributed by atoms with Gasteiger partial charge in [0.15, 0.2) is 0 Å². The largest absolute Gasteiger partial charge is 0.480 e. The number of carbonyl (C=O) groups excluding carboxylic acids is 17. The van der Waals surface area contributed by atoms with Crippen LogP contribution in [0.1, 0.15) is 223 Å². The van der Waals surface area contributed by atoms with Crippen molar-refractivity contribution in [2.24, 2.45) is 92.7 Å². The smallest absolute Gasteiger partial charge is 0.326 e. The lowest BCUT2D eigenvalue weighted by Gasteiger charge is -2.33. The van der Waals surface area contributed by atoms with Crippen LogP contribution in [0, 0.1) is 29.6 Å². The molecule has 0 aromatic heterocycles. The Morgan fingerprint density at radius 1 is 0.368 bits per heavy atom. The number of nitrogens with two attached hydrogens (primary N) is 11. The van der Waals surface area contributed by atoms with Crippen LogP contribution in [0.25, 0.3) is 0 Å². The lowest BCUT2D eigenvalue weighted by molar-refractivity contribution is -0.148. The highest BCUT2D eigenvalue weighted by Gasteiger charge is 2.46. The number of aliphatic hydroxyl groups is 1. The van der Waals surface area contributed by atoms with Gasteiger partial charge in [-0.3, -0.25) is 97.5 Å². The van der Waals surface area contributed by atoms with Gasteiger partial charge < -0.3 is 158 Å². The number of hydrogen-bond donors (Lipinski definition) is 30. The van der Waals surface area contributed by atoms with E-state index in [1.807, 2.05) is 0 Å². The number of nitrogens with zero attached hydrogens (tertiary/aromatic N) is 2. The summed E-state index contributed by atoms with van der Waals surface area (Å²) in [4.78, 5) is 254. The average molecular weight is 1940 g/mol. The fraction of sp³-hybridized carbons (Fsp3) is 0.791. The van der Waals surface area contributed by atoms with Crippen molar-refractivity contribution in [2.45, 2.75) is 333 Å². The fourth-order valence-electron chi connectivity index (χ4n) is 15.3. The Hall–Kier alpha value is -10.1. The Labute approximate surface area is 797 Å². The van der Waals surface area contributed by atoms with Crippen LogP contribution in [0.3, 0.4) is 0 Å². The first-order valence-corrected chi connectivity index (χ1v) is 47.7. The lowest BCUT2D eigenvalue weighted by atomic mass is 9.96. The third-order valence-electron chi connectivity index (χ3n) is 23.6. The molecule has 2 rings (SSSR count). The Morgan fingerprint density at radius 2 is 0.728 bits per heavy atom. The van der Waals surface area contributed by atoms with E-state index in [0.29, 0.717) is 77.3 Å². The Kier molecular flexibility index (Phi) is 58.9. The standard InChI is InChI=1S/C86H164N30O20/c1-11-49(9)67(78(130)102-44-64(120)103-52(27-19-37-98-84(92)93)71(123)110-59(45-117)76(128)106-53(25-14-17-35-88)72(124)105-55(28-20-38-99-85(94)95)74(126)111-65(47(5)6)79(131)112-66(48(7)8)80(132)114-68(83(135)136)50(10)12-2)113-75(127)56(32-33-62(91)118)104-63(119)43-101-70(122)58(42-46(3)4)109-73(125)54(26-15-18-36-89)107-77(129)60-30-22-40-115(60)82(134)61-31-23-41-116(61)81(133)57(29-21-39-100-86(96)97)108-69(121)51(90)24-13-16-34-87/h46-61,65-68,84-86,98-100,117H,11-45,87-90,92-97H2,1-10H3,(H2,91,118)(H,101,122)(H,102,130)(H,103,120)(H,104,119)(H,105,124)(H,106,128)(H,107,129)(H,108,121)(H,109,125)(H,110,123)(H,111,126)(H,112,131)(H,113,127)(H,114,132)(H,135,136)/t49-,50-,51-,52-,53-,54-,55-,56-,57-,58-,59-,60-,61-,65-,66-,67-,68-/m0/s1. The van der Waals surface area contributed by atoms with E-state index in [1.54, 1.807) is 69.2 Å². The molecule has 0 radical (unpaired) electrons. The predicted octanol–water partition coefficient (Wildman–Crippen LogP) is -9.76. The summed E-state index contributed by atoms with van der Waals surface area (Å²) in [5, 5.41) is 65.1. The molecule has 2 aliphatic rings. The molecule has 17 amide bonds. The third-order valence-corrected chi connectivity index (χ3v) is 23.6. The third kappa shape index (κ3) is 45.5. The molecule has 2 saturated heterocycles. The van der Waals surface area contributed by atoms with Crippen molar-refractivity contribution in [1.82, 2.24) is 100 Å². The minimum atomic E-state index is -1.82. The summed E-state index contributed by atoms with van der Waals surface area (Å²) in [6.07, 6.45) is 1.52. The van der Waals surface area contributed by atoms with Crippen LogP contribution in [0.2, 0.25) is 0 Å². The number of carboxylic acids is 1. The van der Waals surface area contributed by atoms with E-state index in [1.165, 1.54) is 9.80 Å². The molecular weight excluding hydrogens is 1770 g/mol. The molecule has 0 spiro atoms. The molecule has 0 bridgehead atoms. The maximum atomic E-state index is 14.7. The molecule has 2 heterocycles. The molecule has 17 atom stereocenters. The van der Waals surface area contributed by atoms with Crippen LogP contribution in [-0.2, 0) is 86.3 Å². The maximum absolute atomic E-state index is 14.7. The summed E-state index contributed by atoms with van der Waals surface area (Å²) in [5.74, 6) is -18.1. The quantitative estimate of drug-likeness (QED) is 0.0199. The summed E-state index contributed by atoms with van der Waals surface area (Å²) < 4.78 is 0. The first-order chi connectivity index (χ1) is 64.2. The molecule has 41 N–H and O–H groups in total. The van der Waals surface area contributed by atoms with E-state index in [4.69, 9.17) is 63.1 Å². The van der Waals surface area contributed by atoms with Crippen molar-refractivity contribution in [1.29, 1.82) is 0 Å². The first kappa shape index (κ1) is 122. The van der Waals surface area contributed by atoms with Gasteiger partial charge >= 0.3 is 5.97 Å². The number of hydrogen-bond acceptors (Lipinski definition) is 32. The van der Waals surface area contributed by atoms with Crippen LogP contribution in [0.5, 0.6) is 0 Å². The minimum absolute atomic E-state index is 0.00907. The zero-order valence-corrected chi connectivity index (χ0v) is 81.0. The normalized spacial score (nSPS) is 17.1. The van der Waals surface area contributed by atoms with Crippen LogP contribution in [0.15, 0.2) is 0 Å². The van der Waals surface area contributed by atoms with E-state index in [2.05, 4.69) is 90.4 Å². The van der Waals surface area contributed by atoms with Gasteiger partial charge in [0.2, 0.25) is 100 Å². The average Bonchev–Trinajstić information content (AvgIpc) is 1.65. The summed E-state index contributed by atoms with van der Waals surface area (Å²) in [7, 11) is 0. The summed E-state index contributed by atoms with van der Waals surface area (Å²) >= 11 is 0. The van der Waals surface area contributed by atoms with Crippen LogP contribution in [-0.4, -0.2) is 308 Å². The summed E-state index contributed by atoms with van der Waals surface area (Å²) in [6.45, 7) is 15.6. The van der Waals surface area contributed by atoms with Crippen LogP contribution in [0.4, 0.5) is 0 Å². The van der Waals surface area contributed by atoms with Crippen molar-refractivity contribution >= 4 is 106 Å². The Balaban J connectivity index is 2.38. The van der Waals surface area contributed by atoms with Crippen molar-refractivity contribution in [3.8, 4) is 0 Å². The molecule has 2 aliphatic heterocycles. The number of aliphatic hydroxyl groups excluding tert-OH is 1. The zero-order chi connectivity index (χ0) is 103. The SMILES string of the molecule is CC[C@H](C)[C@H](NC(=O)[C@@H](NC(=O)[C@@H](NC(=O)[C@H](CCCNC(N)N)NC(=O)[C@H](CCCCN)NC(=O)[C@H](CO)NC(=O)[C@H](CCCNC(N)N)NC(=O)CNC(=O)[C@@H](NC(=O)[C@H](CCC(N)=O)NC(=O)CNC(=O)[C@H](CC(C)C)NC(=O)[C@H](CCCCN)NC(=O)[C@@H]1CCCN1C(=O)[C@@H]1CCCN1C(=O)[C@H](CCCNC(N)N)NC(=O)[C@@H](N)CCCCN)[C@@H](C)CC)C(C)C)C(C)C)C(=O)O. The number of aliphatic carboxylic acids is 1. The second kappa shape index (κ2) is 65.6. The number of amides is 17. The van der Waals surface area contributed by atoms with E-state index in [9.17, 15) is 96.5 Å². The summed E-state index contributed by atoms with van der Waals surface area (Å²) in [5.41, 5.74) is 63.2. The van der Waals surface area contributed by atoms with Gasteiger partial charge in [0.1, 0.15) is 103 Å². The first-order valence-electron chi connectivity index (χ1n) is 47.7. The van der Waals surface area contributed by atoms with Gasteiger partial charge in [-0.2, -0.15) is 0 Å². The second-order valence-electron chi connectivity index (χ2n) is 36.1. The lowest BCUT2D eigenvalue weighted by Crippen LogP contribution is -2.61. The van der Waals surface area contributed by atoms with Crippen molar-refractivity contribution in [3.63, 3.8) is 0 Å². The number of likely N-dealkylation sites (tertiary alicyclic amines) is 2. The summed E-state index contributed by atoms with van der Waals surface area (Å²) in [6, 6.07) is -19.9. The van der Waals surface area contributed by atoms with Gasteiger partial charge in [-0.1, -0.05) is 88.5 Å². The molecule has 0 unspecified atom stereocenters. The Morgan fingerprint density at radius 3 is 1.16 bits per heavy atom. The zero-order valence-electron chi connectivity index (χ0n) is 81.0. The van der Waals surface area contributed by atoms with Gasteiger partial charge in [0.25, 0.3) is 0 Å². The van der Waals surface area contributed by atoms with Crippen LogP contribution >= 0.6 is 0 Å². The molecular formula is C86H164N30O20. The number of carboxylic acid groups (broad SMARTS) is 1. The van der Waals surface area contributed by atoms with Gasteiger partial charge in [-0.05, 0) is 197 Å². The second-order valence-corrected chi connectivity index (χ2v) is 36.1. The monoisotopic (exact) mass is 1940 g/mol. The van der Waals surface area contributed by atoms with Crippen LogP contribution < -0.4 is 153 Å². The van der Waals surface area contributed by atoms with Gasteiger partial charge in [0, 0.05) is 19.5 Å². The molecule has 0 aromatic rings. The van der Waals surface area contributed by atoms with E-state index in [0.717, 1.165) is 0 Å². The predicted molar refractivity (Wildman–Crippen MR) is 505 cm³/mol. The number of nitrogens with one attached hydrogen (secondary N) is 17. The van der Waals surface area contributed by atoms with E-state index >= 15 is 0 Å². The van der Waals surface area contributed by atoms with Gasteiger partial charge in [0.05, 0.1) is 25.7 Å². The molecule has 50 heteroatoms. The molecule has 136 heavy (non-hydrogen) atoms. The van der Waals surface area contributed by atoms with Crippen molar-refractivity contribution < 1.29 is 96.5 Å². The molecule has 778 valence electrons. The highest BCUT2D eigenvalue weighted by Crippen LogP contribution is 2.27. The number of rotatable bonds is 70. The molecule has 0 aliphatic carbocycles. The van der Waals surface area contributed by atoms with Crippen molar-refractivity contribution in [3.05, 3.63) is 0 Å². The van der Waals surface area contributed by atoms with Gasteiger partial charge in [-0.15, -0.1) is 0 Å². The number of primary amides is 1. The molecule has 0 aromatic carbocycles. The molecule has 0 saturated carbocycles. The molecule has 2 fully saturated rings. The number of carbonyl (C=O) groups is 18. The highest BCUT2D eigenvalue weighted by atomic mass is 16.4. The van der Waals surface area contributed by atoms with Gasteiger partial charge in [-0.25, -0.2) is 4.79 Å². The molecule has 50 nitrogen and oxygen atoms in total. The van der Waals surface area contributed by atoms with E-state index in [-0.39, 0.29) is 122 Å². The maximum Gasteiger partial charge on any atom is 0.326 e. The minimum Gasteiger partial charge on any atom is -0.480 e. The van der Waals surface area contributed by atoms with E-state index < -0.39 is 272 Å².